The van der Waals surface area contributed by atoms with Gasteiger partial charge >= 0.3 is 0 Å². The quantitative estimate of drug-likeness (QED) is 0.449. The molecule has 0 saturated carbocycles. The van der Waals surface area contributed by atoms with E-state index < -0.39 is 0 Å². The molecule has 13 heavy (non-hydrogen) atoms. The van der Waals surface area contributed by atoms with E-state index in [4.69, 9.17) is 0 Å². The zero-order valence-corrected chi connectivity index (χ0v) is 8.46. The fraction of sp³-hybridized carbons (Fsp3) is 0.250. The topological polar surface area (TPSA) is 12.4 Å². The van der Waals surface area contributed by atoms with E-state index in [1.807, 2.05) is 18.2 Å². The second-order valence-electron chi connectivity index (χ2n) is 2.51. The van der Waals surface area contributed by atoms with Crippen LogP contribution in [0.25, 0.3) is 0 Å². The molecule has 0 atom stereocenters. The molecule has 0 bridgehead atoms. The van der Waals surface area contributed by atoms with Crippen molar-refractivity contribution in [2.75, 3.05) is 7.05 Å². The molecule has 1 heteroatoms. The van der Waals surface area contributed by atoms with Crippen molar-refractivity contribution >= 4 is 6.21 Å². The monoisotopic (exact) mass is 175 g/mol. The van der Waals surface area contributed by atoms with Gasteiger partial charge in [0.25, 0.3) is 0 Å². The summed E-state index contributed by atoms with van der Waals surface area (Å²) in [5.41, 5.74) is 2.17. The summed E-state index contributed by atoms with van der Waals surface area (Å²) in [5.74, 6) is 0. The first kappa shape index (κ1) is 11.6. The van der Waals surface area contributed by atoms with E-state index in [2.05, 4.69) is 31.2 Å². The Morgan fingerprint density at radius 2 is 1.85 bits per heavy atom. The summed E-state index contributed by atoms with van der Waals surface area (Å²) in [7, 11) is 1.74. The minimum atomic E-state index is 0.996. The highest BCUT2D eigenvalue weighted by atomic mass is 14.6. The molecule has 0 aliphatic heterocycles. The van der Waals surface area contributed by atoms with E-state index >= 15 is 0 Å². The SMILES string of the molecule is C=CC(=C/C=NC)/C(C=C)=C\CC. The van der Waals surface area contributed by atoms with E-state index in [0.717, 1.165) is 17.6 Å². The fourth-order valence-electron chi connectivity index (χ4n) is 0.976. The highest BCUT2D eigenvalue weighted by molar-refractivity contribution is 5.75. The molecule has 70 valence electrons. The molecule has 0 N–H and O–H groups in total. The van der Waals surface area contributed by atoms with Crippen molar-refractivity contribution in [2.45, 2.75) is 13.3 Å². The van der Waals surface area contributed by atoms with Crippen LogP contribution in [-0.2, 0) is 0 Å². The molecular weight excluding hydrogens is 158 g/mol. The van der Waals surface area contributed by atoms with Gasteiger partial charge in [0.1, 0.15) is 0 Å². The maximum Gasteiger partial charge on any atom is 0.0277 e. The first-order valence-electron chi connectivity index (χ1n) is 4.38. The molecule has 1 nitrogen and oxygen atoms in total. The van der Waals surface area contributed by atoms with Gasteiger partial charge < -0.3 is 0 Å². The third-order valence-electron chi connectivity index (χ3n) is 1.60. The third kappa shape index (κ3) is 4.26. The van der Waals surface area contributed by atoms with E-state index in [0.29, 0.717) is 0 Å². The fourth-order valence-corrected chi connectivity index (χ4v) is 0.976. The molecular formula is C12H17N. The molecule has 0 aliphatic rings. The van der Waals surface area contributed by atoms with Crippen LogP contribution in [-0.4, -0.2) is 13.3 Å². The summed E-state index contributed by atoms with van der Waals surface area (Å²) >= 11 is 0. The normalized spacial score (nSPS) is 13.4. The van der Waals surface area contributed by atoms with Gasteiger partial charge in [-0.3, -0.25) is 4.99 Å². The minimum absolute atomic E-state index is 0.996. The highest BCUT2D eigenvalue weighted by Crippen LogP contribution is 2.12. The smallest absolute Gasteiger partial charge is 0.0277 e. The van der Waals surface area contributed by atoms with Crippen LogP contribution >= 0.6 is 0 Å². The standard InChI is InChI=1S/C12H17N/c1-5-8-11(6-2)12(7-3)9-10-13-4/h6-10H,2-3,5H2,1,4H3/b11-8-,12-9-,13-10?. The van der Waals surface area contributed by atoms with Gasteiger partial charge in [0, 0.05) is 13.3 Å². The molecule has 0 amide bonds. The molecule has 0 aromatic rings. The zero-order valence-electron chi connectivity index (χ0n) is 8.46. The first-order valence-corrected chi connectivity index (χ1v) is 4.38. The largest absolute Gasteiger partial charge is 0.296 e. The first-order chi connectivity index (χ1) is 6.29. The lowest BCUT2D eigenvalue weighted by atomic mass is 10.1. The van der Waals surface area contributed by atoms with Gasteiger partial charge in [-0.15, -0.1) is 0 Å². The van der Waals surface area contributed by atoms with Gasteiger partial charge in [-0.25, -0.2) is 0 Å². The van der Waals surface area contributed by atoms with Crippen molar-refractivity contribution < 1.29 is 0 Å². The average molecular weight is 175 g/mol. The number of aliphatic imine (C=N–C) groups is 1. The van der Waals surface area contributed by atoms with Crippen molar-refractivity contribution in [1.82, 2.24) is 0 Å². The van der Waals surface area contributed by atoms with Crippen LogP contribution in [0.4, 0.5) is 0 Å². The third-order valence-corrected chi connectivity index (χ3v) is 1.60. The van der Waals surface area contributed by atoms with Crippen molar-refractivity contribution in [1.29, 1.82) is 0 Å². The predicted molar refractivity (Wildman–Crippen MR) is 61.3 cm³/mol. The van der Waals surface area contributed by atoms with Gasteiger partial charge in [-0.2, -0.15) is 0 Å². The Morgan fingerprint density at radius 1 is 1.23 bits per heavy atom. The summed E-state index contributed by atoms with van der Waals surface area (Å²) in [5, 5.41) is 0. The Labute approximate surface area is 80.9 Å². The van der Waals surface area contributed by atoms with Crippen molar-refractivity contribution in [3.63, 3.8) is 0 Å². The molecule has 0 aromatic carbocycles. The Balaban J connectivity index is 4.82. The molecule has 0 rings (SSSR count). The van der Waals surface area contributed by atoms with Crippen LogP contribution in [0.15, 0.2) is 53.6 Å². The Morgan fingerprint density at radius 3 is 2.23 bits per heavy atom. The number of hydrogen-bond acceptors (Lipinski definition) is 1. The average Bonchev–Trinajstić information content (AvgIpc) is 2.17. The highest BCUT2D eigenvalue weighted by Gasteiger charge is 1.93. The second kappa shape index (κ2) is 7.29. The number of allylic oxidation sites excluding steroid dienone is 6. The summed E-state index contributed by atoms with van der Waals surface area (Å²) in [4.78, 5) is 3.89. The van der Waals surface area contributed by atoms with Gasteiger partial charge in [0.05, 0.1) is 0 Å². The van der Waals surface area contributed by atoms with Gasteiger partial charge in [-0.1, -0.05) is 38.3 Å². The maximum absolute atomic E-state index is 3.89. The van der Waals surface area contributed by atoms with Crippen LogP contribution in [0, 0.1) is 0 Å². The molecule has 0 radical (unpaired) electrons. The summed E-state index contributed by atoms with van der Waals surface area (Å²) in [6, 6.07) is 0. The van der Waals surface area contributed by atoms with Crippen molar-refractivity contribution in [3.8, 4) is 0 Å². The van der Waals surface area contributed by atoms with E-state index in [1.54, 1.807) is 13.3 Å². The Bertz CT molecular complexity index is 254. The van der Waals surface area contributed by atoms with Gasteiger partial charge in [0.2, 0.25) is 0 Å². The molecule has 0 unspecified atom stereocenters. The van der Waals surface area contributed by atoms with Crippen LogP contribution in [0.5, 0.6) is 0 Å². The van der Waals surface area contributed by atoms with Crippen LogP contribution in [0.3, 0.4) is 0 Å². The molecule has 0 heterocycles. The second-order valence-corrected chi connectivity index (χ2v) is 2.51. The van der Waals surface area contributed by atoms with Crippen molar-refractivity contribution in [3.05, 3.63) is 48.6 Å². The number of nitrogens with zero attached hydrogens (tertiary/aromatic N) is 1. The molecule has 0 spiro atoms. The summed E-state index contributed by atoms with van der Waals surface area (Å²) in [6.45, 7) is 9.60. The lowest BCUT2D eigenvalue weighted by Gasteiger charge is -2.00. The summed E-state index contributed by atoms with van der Waals surface area (Å²) in [6.07, 6.45) is 10.4. The van der Waals surface area contributed by atoms with Crippen LogP contribution < -0.4 is 0 Å². The minimum Gasteiger partial charge on any atom is -0.296 e. The molecule has 0 saturated heterocycles. The van der Waals surface area contributed by atoms with Gasteiger partial charge in [0.15, 0.2) is 0 Å². The van der Waals surface area contributed by atoms with E-state index in [-0.39, 0.29) is 0 Å². The number of rotatable bonds is 5. The van der Waals surface area contributed by atoms with Crippen LogP contribution in [0.1, 0.15) is 13.3 Å². The van der Waals surface area contributed by atoms with E-state index in [1.165, 1.54) is 0 Å². The molecule has 0 aromatic heterocycles. The lowest BCUT2D eigenvalue weighted by Crippen LogP contribution is -1.83. The number of hydrogen-bond donors (Lipinski definition) is 0. The predicted octanol–water partition coefficient (Wildman–Crippen LogP) is 3.32. The Hall–Kier alpha value is -1.37. The molecule has 0 aliphatic carbocycles. The summed E-state index contributed by atoms with van der Waals surface area (Å²) < 4.78 is 0. The zero-order chi connectivity index (χ0) is 10.1. The van der Waals surface area contributed by atoms with E-state index in [9.17, 15) is 0 Å². The Kier molecular flexibility index (Phi) is 6.52. The van der Waals surface area contributed by atoms with Crippen LogP contribution in [0.2, 0.25) is 0 Å². The van der Waals surface area contributed by atoms with Gasteiger partial charge in [-0.05, 0) is 23.6 Å². The lowest BCUT2D eigenvalue weighted by molar-refractivity contribution is 1.20. The maximum atomic E-state index is 3.89. The molecule has 0 fully saturated rings. The van der Waals surface area contributed by atoms with Crippen molar-refractivity contribution in [2.24, 2.45) is 4.99 Å².